The van der Waals surface area contributed by atoms with E-state index in [-0.39, 0.29) is 12.2 Å². The van der Waals surface area contributed by atoms with Gasteiger partial charge >= 0.3 is 12.1 Å². The lowest BCUT2D eigenvalue weighted by atomic mass is 10.2. The second-order valence-corrected chi connectivity index (χ2v) is 13.7. The van der Waals surface area contributed by atoms with Gasteiger partial charge in [-0.2, -0.15) is 5.26 Å². The number of anilines is 1. The zero-order chi connectivity index (χ0) is 32.0. The lowest BCUT2D eigenvalue weighted by molar-refractivity contribution is -0.149. The molecular formula is C32H42ClN3O6S2. The Kier molecular flexibility index (Phi) is 14.7. The van der Waals surface area contributed by atoms with Crippen LogP contribution in [0.5, 0.6) is 0 Å². The van der Waals surface area contributed by atoms with Crippen LogP contribution in [0.1, 0.15) is 51.3 Å². The minimum Gasteiger partial charge on any atom is -0.456 e. The molecule has 44 heavy (non-hydrogen) atoms. The number of nitrogens with zero attached hydrogens (tertiary/aromatic N) is 2. The maximum Gasteiger partial charge on any atom is 0.407 e. The molecule has 1 amide bonds. The summed E-state index contributed by atoms with van der Waals surface area (Å²) in [6.45, 7) is 8.62. The number of nitrogens with one attached hydrogen (secondary N) is 1. The van der Waals surface area contributed by atoms with Crippen molar-refractivity contribution in [3.8, 4) is 6.07 Å². The van der Waals surface area contributed by atoms with Crippen LogP contribution in [0.3, 0.4) is 0 Å². The molecule has 0 aliphatic rings. The maximum absolute atomic E-state index is 12.4. The highest BCUT2D eigenvalue weighted by atomic mass is 35.5. The van der Waals surface area contributed by atoms with E-state index in [4.69, 9.17) is 30.5 Å². The van der Waals surface area contributed by atoms with Crippen molar-refractivity contribution < 1.29 is 28.5 Å². The van der Waals surface area contributed by atoms with Gasteiger partial charge in [0.1, 0.15) is 23.9 Å². The smallest absolute Gasteiger partial charge is 0.407 e. The first-order chi connectivity index (χ1) is 21.1. The number of hydrogen-bond donors (Lipinski definition) is 1. The quantitative estimate of drug-likeness (QED) is 0.0494. The molecule has 0 aliphatic heterocycles. The van der Waals surface area contributed by atoms with Gasteiger partial charge in [0.2, 0.25) is 0 Å². The summed E-state index contributed by atoms with van der Waals surface area (Å²) in [4.78, 5) is 27.2. The van der Waals surface area contributed by atoms with Crippen LogP contribution in [0.4, 0.5) is 10.5 Å². The minimum absolute atomic E-state index is 0.0208. The molecule has 240 valence electrons. The summed E-state index contributed by atoms with van der Waals surface area (Å²) >= 11 is 8.85. The first kappa shape index (κ1) is 35.6. The van der Waals surface area contributed by atoms with E-state index >= 15 is 0 Å². The summed E-state index contributed by atoms with van der Waals surface area (Å²) in [6, 6.07) is 10.2. The van der Waals surface area contributed by atoms with Crippen molar-refractivity contribution in [3.63, 3.8) is 0 Å². The van der Waals surface area contributed by atoms with E-state index in [1.54, 1.807) is 38.2 Å². The summed E-state index contributed by atoms with van der Waals surface area (Å²) in [5, 5.41) is 13.3. The van der Waals surface area contributed by atoms with Crippen LogP contribution in [-0.2, 0) is 23.7 Å². The van der Waals surface area contributed by atoms with Crippen LogP contribution >= 0.6 is 34.3 Å². The number of carbonyl (C=O) groups is 2. The Balaban J connectivity index is 1.39. The van der Waals surface area contributed by atoms with Gasteiger partial charge < -0.3 is 29.2 Å². The lowest BCUT2D eigenvalue weighted by Crippen LogP contribution is -2.31. The predicted octanol–water partition coefficient (Wildman–Crippen LogP) is 7.36. The van der Waals surface area contributed by atoms with Gasteiger partial charge in [0, 0.05) is 51.4 Å². The number of alkyl carbamates (subject to hydrolysis) is 1. The molecule has 12 heteroatoms. The molecule has 0 atom stereocenters. The molecule has 0 aliphatic carbocycles. The Morgan fingerprint density at radius 3 is 2.48 bits per heavy atom. The number of esters is 1. The molecule has 9 nitrogen and oxygen atoms in total. The second-order valence-electron chi connectivity index (χ2n) is 11.1. The van der Waals surface area contributed by atoms with Gasteiger partial charge in [-0.05, 0) is 57.9 Å². The first-order valence-corrected chi connectivity index (χ1v) is 16.9. The number of unbranched alkanes of at least 4 members (excludes halogenated alkanes) is 3. The van der Waals surface area contributed by atoms with Crippen molar-refractivity contribution in [1.82, 2.24) is 5.32 Å². The monoisotopic (exact) mass is 663 g/mol. The fourth-order valence-electron chi connectivity index (χ4n) is 4.13. The van der Waals surface area contributed by atoms with Crippen molar-refractivity contribution in [2.75, 3.05) is 64.0 Å². The standard InChI is InChI=1S/C32H42ClN3O6S2/c1-32(2,3)42-30(37)23(22-34)19-25-21-28-29(43-25)26-10-9-24(20-27(26)44-28)36(4)13-16-41-31(38)35-12-15-40-18-17-39-14-8-6-5-7-11-33/h9-10,19-21H,5-8,11-18H2,1-4H3,(H,35,38)/b23-19+. The molecule has 0 radical (unpaired) electrons. The number of fused-ring (bicyclic) bond motifs is 3. The molecule has 3 aromatic rings. The molecule has 2 heterocycles. The number of amides is 1. The van der Waals surface area contributed by atoms with E-state index in [2.05, 4.69) is 17.4 Å². The molecular weight excluding hydrogens is 622 g/mol. The van der Waals surface area contributed by atoms with Crippen LogP contribution in [0.25, 0.3) is 25.6 Å². The molecule has 0 spiro atoms. The highest BCUT2D eigenvalue weighted by Gasteiger charge is 2.20. The van der Waals surface area contributed by atoms with Gasteiger partial charge in [-0.1, -0.05) is 18.9 Å². The molecule has 2 aromatic heterocycles. The first-order valence-electron chi connectivity index (χ1n) is 14.8. The highest BCUT2D eigenvalue weighted by Crippen LogP contribution is 2.41. The van der Waals surface area contributed by atoms with Crippen LogP contribution in [0, 0.1) is 11.3 Å². The van der Waals surface area contributed by atoms with Gasteiger partial charge in [-0.25, -0.2) is 9.59 Å². The lowest BCUT2D eigenvalue weighted by Gasteiger charge is -2.19. The van der Waals surface area contributed by atoms with Gasteiger partial charge in [0.15, 0.2) is 0 Å². The fraction of sp³-hybridized carbons (Fsp3) is 0.531. The number of benzene rings is 1. The summed E-state index contributed by atoms with van der Waals surface area (Å²) < 4.78 is 25.0. The highest BCUT2D eigenvalue weighted by molar-refractivity contribution is 7.33. The van der Waals surface area contributed by atoms with E-state index < -0.39 is 17.7 Å². The fourth-order valence-corrected chi connectivity index (χ4v) is 6.83. The molecule has 3 rings (SSSR count). The minimum atomic E-state index is -0.669. The summed E-state index contributed by atoms with van der Waals surface area (Å²) in [5.74, 6) is 0.0943. The third-order valence-electron chi connectivity index (χ3n) is 6.33. The van der Waals surface area contributed by atoms with E-state index in [1.807, 2.05) is 30.1 Å². The van der Waals surface area contributed by atoms with Crippen LogP contribution < -0.4 is 10.2 Å². The van der Waals surface area contributed by atoms with Crippen LogP contribution in [-0.4, -0.2) is 76.7 Å². The molecule has 0 unspecified atom stereocenters. The van der Waals surface area contributed by atoms with Gasteiger partial charge in [0.25, 0.3) is 0 Å². The number of thiophene rings is 2. The van der Waals surface area contributed by atoms with E-state index in [0.29, 0.717) is 32.9 Å². The Hall–Kier alpha value is -2.88. The van der Waals surface area contributed by atoms with E-state index in [9.17, 15) is 14.9 Å². The van der Waals surface area contributed by atoms with Gasteiger partial charge in [0.05, 0.1) is 31.1 Å². The third-order valence-corrected chi connectivity index (χ3v) is 8.94. The van der Waals surface area contributed by atoms with Crippen LogP contribution in [0.15, 0.2) is 29.8 Å². The predicted molar refractivity (Wildman–Crippen MR) is 180 cm³/mol. The van der Waals surface area contributed by atoms with Gasteiger partial charge in [-0.3, -0.25) is 0 Å². The van der Waals surface area contributed by atoms with Crippen molar-refractivity contribution in [1.29, 1.82) is 5.26 Å². The molecule has 0 bridgehead atoms. The Bertz CT molecular complexity index is 1440. The number of likely N-dealkylation sites (N-methyl/N-ethyl adjacent to an activating group) is 1. The molecule has 0 saturated carbocycles. The Morgan fingerprint density at radius 2 is 1.75 bits per heavy atom. The SMILES string of the molecule is CN(CCOC(=O)NCCOCCOCCCCCCCl)c1ccc2c(c1)sc1cc(/C=C(\C#N)C(=O)OC(C)(C)C)sc12. The summed E-state index contributed by atoms with van der Waals surface area (Å²) in [5.41, 5.74) is 0.323. The zero-order valence-corrected chi connectivity index (χ0v) is 28.3. The Morgan fingerprint density at radius 1 is 1.00 bits per heavy atom. The van der Waals surface area contributed by atoms with E-state index in [0.717, 1.165) is 68.2 Å². The third kappa shape index (κ3) is 11.9. The molecule has 1 N–H and O–H groups in total. The average molecular weight is 664 g/mol. The Labute approximate surface area is 272 Å². The normalized spacial score (nSPS) is 12.0. The number of carbonyl (C=O) groups excluding carboxylic acids is 2. The van der Waals surface area contributed by atoms with Crippen molar-refractivity contribution in [2.24, 2.45) is 0 Å². The second kappa shape index (κ2) is 18.2. The number of nitriles is 1. The molecule has 0 saturated heterocycles. The van der Waals surface area contributed by atoms with Gasteiger partial charge in [-0.15, -0.1) is 34.3 Å². The number of hydrogen-bond acceptors (Lipinski definition) is 10. The van der Waals surface area contributed by atoms with E-state index in [1.165, 1.54) is 11.3 Å². The number of rotatable bonds is 18. The average Bonchev–Trinajstić information content (AvgIpc) is 3.52. The zero-order valence-electron chi connectivity index (χ0n) is 25.9. The topological polar surface area (TPSA) is 110 Å². The molecule has 1 aromatic carbocycles. The largest absolute Gasteiger partial charge is 0.456 e. The van der Waals surface area contributed by atoms with Crippen LogP contribution in [0.2, 0.25) is 0 Å². The number of halogens is 1. The summed E-state index contributed by atoms with van der Waals surface area (Å²) in [6.07, 6.45) is 5.47. The maximum atomic E-state index is 12.4. The van der Waals surface area contributed by atoms with Crippen molar-refractivity contribution in [3.05, 3.63) is 34.7 Å². The number of ether oxygens (including phenoxy) is 4. The van der Waals surface area contributed by atoms with Crippen molar-refractivity contribution >= 4 is 77.6 Å². The summed E-state index contributed by atoms with van der Waals surface area (Å²) in [7, 11) is 1.96. The van der Waals surface area contributed by atoms with Crippen molar-refractivity contribution in [2.45, 2.75) is 52.1 Å². The number of alkyl halides is 1. The molecule has 0 fully saturated rings.